The average molecular weight is 693 g/mol. The van der Waals surface area contributed by atoms with Crippen LogP contribution in [-0.4, -0.2) is 28.3 Å². The minimum absolute atomic E-state index is 0. The molecule has 0 rings (SSSR count). The van der Waals surface area contributed by atoms with E-state index in [2.05, 4.69) is 31.8 Å². The summed E-state index contributed by atoms with van der Waals surface area (Å²) in [5, 5.41) is 20.0. The molecule has 0 aromatic rings. The van der Waals surface area contributed by atoms with Crippen LogP contribution in [-0.2, 0) is 17.1 Å². The number of nitrogens with two attached hydrogens (primary N) is 1. The number of unbranched alkanes of at least 4 members (excludes halogenated alkanes) is 28. The molecule has 2 N–H and O–H groups in total. The first-order chi connectivity index (χ1) is 20.5. The quantitative estimate of drug-likeness (QED) is 0.0430. The summed E-state index contributed by atoms with van der Waals surface area (Å²) in [4.78, 5) is 1.93. The summed E-state index contributed by atoms with van der Waals surface area (Å²) in [6.45, 7) is 6.33. The second-order valence-corrected chi connectivity index (χ2v) is 13.2. The molecule has 7 heteroatoms. The van der Waals surface area contributed by atoms with Gasteiger partial charge in [0.1, 0.15) is 0 Å². The van der Waals surface area contributed by atoms with Crippen molar-refractivity contribution in [2.75, 3.05) is 13.1 Å². The number of nitrogens with zero attached hydrogens (tertiary/aromatic N) is 1. The van der Waals surface area contributed by atoms with Gasteiger partial charge in [0, 0.05) is 23.4 Å². The Balaban J connectivity index is -0.00000299. The van der Waals surface area contributed by atoms with Gasteiger partial charge in [-0.3, -0.25) is 0 Å². The van der Waals surface area contributed by atoms with E-state index in [-0.39, 0.29) is 22.2 Å². The summed E-state index contributed by atoms with van der Waals surface area (Å²) in [6.07, 6.45) is 41.4. The van der Waals surface area contributed by atoms with Gasteiger partial charge in [-0.2, -0.15) is 0 Å². The predicted octanol–water partition coefficient (Wildman–Crippen LogP) is 10.3. The molecule has 0 aromatic heterocycles. The van der Waals surface area contributed by atoms with Gasteiger partial charge in [-0.05, 0) is 12.8 Å². The molecule has 0 bridgehead atoms. The number of rotatable bonds is 32. The fraction of sp³-hybridized carbons (Fsp3) is 0.944. The maximum atomic E-state index is 11.8. The van der Waals surface area contributed by atoms with Gasteiger partial charge in [-0.1, -0.05) is 218 Å². The van der Waals surface area contributed by atoms with Crippen LogP contribution >= 0.6 is 24.4 Å². The number of thiocarbonyl (C=S) groups is 2. The van der Waals surface area contributed by atoms with Gasteiger partial charge in [0.15, 0.2) is 0 Å². The fourth-order valence-electron chi connectivity index (χ4n) is 5.64. The van der Waals surface area contributed by atoms with Crippen LogP contribution in [0.5, 0.6) is 0 Å². The van der Waals surface area contributed by atoms with E-state index >= 15 is 0 Å². The Kier molecular flexibility index (Phi) is 46.1. The maximum Gasteiger partial charge on any atom is 2.00 e. The van der Waals surface area contributed by atoms with Gasteiger partial charge in [0.2, 0.25) is 0 Å². The zero-order valence-electron chi connectivity index (χ0n) is 28.6. The number of hydrogen-bond donors (Lipinski definition) is 1. The Morgan fingerprint density at radius 2 is 0.581 bits per heavy atom. The van der Waals surface area contributed by atoms with E-state index in [0.717, 1.165) is 25.9 Å². The summed E-state index contributed by atoms with van der Waals surface area (Å²) in [7, 11) is 0. The molecule has 0 heterocycles. The Morgan fingerprint density at radius 1 is 0.419 bits per heavy atom. The molecule has 0 aliphatic carbocycles. The van der Waals surface area contributed by atoms with Crippen molar-refractivity contribution in [3.63, 3.8) is 0 Å². The topological polar surface area (TPSA) is 75.4 Å². The minimum Gasteiger partial charge on any atom is -0.852 e. The first-order valence-corrected chi connectivity index (χ1v) is 19.2. The Bertz CT molecular complexity index is 517. The van der Waals surface area contributed by atoms with Crippen molar-refractivity contribution in [1.82, 2.24) is 4.90 Å². The summed E-state index contributed by atoms with van der Waals surface area (Å²) in [5.74, 6) is 0. The summed E-state index contributed by atoms with van der Waals surface area (Å²) in [5.41, 5.74) is 4.29. The van der Waals surface area contributed by atoms with E-state index < -0.39 is 5.17 Å². The predicted molar refractivity (Wildman–Crippen MR) is 191 cm³/mol. The molecule has 261 valence electrons. The smallest absolute Gasteiger partial charge is 0.852 e. The van der Waals surface area contributed by atoms with Crippen LogP contribution in [0.3, 0.4) is 0 Å². The van der Waals surface area contributed by atoms with E-state index in [0.29, 0.717) is 0 Å². The van der Waals surface area contributed by atoms with Crippen molar-refractivity contribution >= 4 is 34.8 Å². The minimum atomic E-state index is -0.750. The van der Waals surface area contributed by atoms with E-state index in [4.69, 9.17) is 17.3 Å². The van der Waals surface area contributed by atoms with Crippen molar-refractivity contribution in [1.29, 1.82) is 0 Å². The van der Waals surface area contributed by atoms with Gasteiger partial charge in [0.25, 0.3) is 0 Å². The maximum absolute atomic E-state index is 11.8. The Hall–Kier alpha value is -0.101. The van der Waals surface area contributed by atoms with Crippen LogP contribution in [0, 0.1) is 0 Å². The normalized spacial score (nSPS) is 10.6. The van der Waals surface area contributed by atoms with Gasteiger partial charge < -0.3 is 20.8 Å². The average Bonchev–Trinajstić information content (AvgIpc) is 2.95. The third-order valence-electron chi connectivity index (χ3n) is 8.32. The Morgan fingerprint density at radius 3 is 0.744 bits per heavy atom. The molecule has 0 saturated carbocycles. The molecular weight excluding hydrogens is 620 g/mol. The van der Waals surface area contributed by atoms with Crippen LogP contribution in [0.15, 0.2) is 0 Å². The number of hydrogen-bond acceptors (Lipinski definition) is 4. The second kappa shape index (κ2) is 41.9. The van der Waals surface area contributed by atoms with E-state index in [1.54, 1.807) is 0 Å². The molecular formula is C36H72CuN2O2S2. The molecule has 0 unspecified atom stereocenters. The SMILES string of the molecule is CCCCCCCCCCCCCCCCCN(CCCCCCCCCCCCCCCCC)C([O-])=S.NC([O-])=S.[Cu+2]. The van der Waals surface area contributed by atoms with Crippen molar-refractivity contribution in [3.8, 4) is 0 Å². The van der Waals surface area contributed by atoms with Crippen LogP contribution in [0.1, 0.15) is 206 Å². The van der Waals surface area contributed by atoms with Gasteiger partial charge in [0.05, 0.1) is 0 Å². The van der Waals surface area contributed by atoms with Crippen LogP contribution in [0.4, 0.5) is 0 Å². The van der Waals surface area contributed by atoms with Gasteiger partial charge in [-0.25, -0.2) is 0 Å². The van der Waals surface area contributed by atoms with E-state index in [9.17, 15) is 5.11 Å². The molecule has 0 spiro atoms. The first kappa shape index (κ1) is 47.3. The van der Waals surface area contributed by atoms with Gasteiger partial charge in [-0.15, -0.1) is 0 Å². The van der Waals surface area contributed by atoms with Crippen molar-refractivity contribution in [2.45, 2.75) is 206 Å². The van der Waals surface area contributed by atoms with Crippen molar-refractivity contribution in [2.24, 2.45) is 5.73 Å². The molecule has 0 aliphatic heterocycles. The molecule has 43 heavy (non-hydrogen) atoms. The summed E-state index contributed by atoms with van der Waals surface area (Å²) < 4.78 is 0. The largest absolute Gasteiger partial charge is 2.00 e. The van der Waals surface area contributed by atoms with E-state index in [1.165, 1.54) is 180 Å². The molecule has 0 aromatic carbocycles. The molecule has 4 nitrogen and oxygen atoms in total. The molecule has 0 saturated heterocycles. The molecule has 0 atom stereocenters. The standard InChI is InChI=1S/C35H71NOS.CH3NOS.Cu/c1-3-5-7-9-11-13-15-17-19-21-23-25-27-29-31-33-36(35(37)38)34-32-30-28-26-24-22-20-18-16-14-12-10-8-6-4-2;2-1(3)4;/h3-34H2,1-2H3,(H,37,38);(H3,2,3,4);/q;;+2/p-2. The summed E-state index contributed by atoms with van der Waals surface area (Å²) >= 11 is 8.76. The van der Waals surface area contributed by atoms with Crippen LogP contribution in [0.2, 0.25) is 0 Å². The molecule has 0 aliphatic rings. The zero-order valence-corrected chi connectivity index (χ0v) is 31.2. The van der Waals surface area contributed by atoms with Crippen LogP contribution in [0.25, 0.3) is 0 Å². The first-order valence-electron chi connectivity index (χ1n) is 18.4. The fourth-order valence-corrected chi connectivity index (χ4v) is 5.82. The third kappa shape index (κ3) is 46.4. The summed E-state index contributed by atoms with van der Waals surface area (Å²) in [6, 6.07) is 0. The van der Waals surface area contributed by atoms with Crippen molar-refractivity contribution in [3.05, 3.63) is 0 Å². The van der Waals surface area contributed by atoms with Gasteiger partial charge >= 0.3 is 17.1 Å². The second-order valence-electron chi connectivity index (χ2n) is 12.5. The molecule has 0 amide bonds. The van der Waals surface area contributed by atoms with E-state index in [1.807, 2.05) is 4.90 Å². The third-order valence-corrected chi connectivity index (χ3v) is 8.58. The van der Waals surface area contributed by atoms with Crippen LogP contribution < -0.4 is 15.9 Å². The monoisotopic (exact) mass is 691 g/mol. The molecule has 1 radical (unpaired) electrons. The van der Waals surface area contributed by atoms with Crippen molar-refractivity contribution < 1.29 is 27.3 Å². The Labute approximate surface area is 291 Å². The zero-order chi connectivity index (χ0) is 31.4. The molecule has 0 fully saturated rings.